The van der Waals surface area contributed by atoms with Gasteiger partial charge in [-0.25, -0.2) is 0 Å². The molecule has 0 aliphatic carbocycles. The second kappa shape index (κ2) is 6.54. The minimum absolute atomic E-state index is 0.113. The van der Waals surface area contributed by atoms with Crippen molar-refractivity contribution in [3.8, 4) is 0 Å². The van der Waals surface area contributed by atoms with Crippen molar-refractivity contribution in [2.45, 2.75) is 13.3 Å². The number of aromatic nitrogens is 2. The maximum atomic E-state index is 11.2. The Morgan fingerprint density at radius 2 is 1.85 bits per heavy atom. The Morgan fingerprint density at radius 3 is 2.50 bits per heavy atom. The third-order valence-corrected chi connectivity index (χ3v) is 3.29. The van der Waals surface area contributed by atoms with Gasteiger partial charge in [0, 0.05) is 6.42 Å². The molecule has 1 aromatic carbocycles. The summed E-state index contributed by atoms with van der Waals surface area (Å²) in [6, 6.07) is 8.60. The normalized spacial score (nSPS) is 10.2. The van der Waals surface area contributed by atoms with E-state index in [1.165, 1.54) is 0 Å². The summed E-state index contributed by atoms with van der Waals surface area (Å²) in [6.45, 7) is 1.76. The largest absolute Gasteiger partial charge is 0.337 e. The summed E-state index contributed by atoms with van der Waals surface area (Å²) in [5, 5.41) is 14.3. The number of nitrogens with one attached hydrogen (secondary N) is 2. The van der Waals surface area contributed by atoms with Gasteiger partial charge < -0.3 is 10.6 Å². The molecule has 0 spiro atoms. The number of rotatable bonds is 4. The average molecular weight is 311 g/mol. The molecule has 7 heteroatoms. The first kappa shape index (κ1) is 14.6. The minimum atomic E-state index is -0.113. The highest BCUT2D eigenvalue weighted by Crippen LogP contribution is 2.31. The first-order valence-electron chi connectivity index (χ1n) is 5.94. The van der Waals surface area contributed by atoms with Crippen LogP contribution in [-0.2, 0) is 4.79 Å². The summed E-state index contributed by atoms with van der Waals surface area (Å²) in [4.78, 5) is 11.2. The number of amides is 1. The van der Waals surface area contributed by atoms with Crippen LogP contribution in [-0.4, -0.2) is 16.1 Å². The smallest absolute Gasteiger partial charge is 0.225 e. The molecular weight excluding hydrogens is 299 g/mol. The fraction of sp³-hybridized carbons (Fsp3) is 0.154. The van der Waals surface area contributed by atoms with E-state index in [0.29, 0.717) is 33.8 Å². The summed E-state index contributed by atoms with van der Waals surface area (Å²) in [5.41, 5.74) is 0.638. The molecule has 1 heterocycles. The van der Waals surface area contributed by atoms with Crippen LogP contribution in [0, 0.1) is 0 Å². The molecule has 1 aromatic heterocycles. The predicted molar refractivity (Wildman–Crippen MR) is 80.7 cm³/mol. The van der Waals surface area contributed by atoms with Crippen molar-refractivity contribution in [3.63, 3.8) is 0 Å². The summed E-state index contributed by atoms with van der Waals surface area (Å²) >= 11 is 12.0. The van der Waals surface area contributed by atoms with Crippen LogP contribution in [0.2, 0.25) is 10.0 Å². The highest BCUT2D eigenvalue weighted by Gasteiger charge is 2.06. The van der Waals surface area contributed by atoms with E-state index < -0.39 is 0 Å². The van der Waals surface area contributed by atoms with Gasteiger partial charge in [-0.15, -0.1) is 10.2 Å². The zero-order chi connectivity index (χ0) is 14.5. The van der Waals surface area contributed by atoms with Gasteiger partial charge in [0.1, 0.15) is 0 Å². The van der Waals surface area contributed by atoms with Crippen LogP contribution >= 0.6 is 23.2 Å². The monoisotopic (exact) mass is 310 g/mol. The SMILES string of the molecule is CCC(=O)Nc1ccc(Nc2cccc(Cl)c2Cl)nn1. The van der Waals surface area contributed by atoms with Crippen LogP contribution in [0.15, 0.2) is 30.3 Å². The van der Waals surface area contributed by atoms with E-state index in [9.17, 15) is 4.79 Å². The van der Waals surface area contributed by atoms with E-state index in [4.69, 9.17) is 23.2 Å². The first-order valence-corrected chi connectivity index (χ1v) is 6.70. The molecule has 0 unspecified atom stereocenters. The maximum absolute atomic E-state index is 11.2. The number of carbonyl (C=O) groups excluding carboxylic acids is 1. The molecular formula is C13H12Cl2N4O. The number of hydrogen-bond donors (Lipinski definition) is 2. The molecule has 0 aliphatic heterocycles. The van der Waals surface area contributed by atoms with Crippen LogP contribution in [0.25, 0.3) is 0 Å². The third-order valence-electron chi connectivity index (χ3n) is 2.47. The molecule has 0 saturated carbocycles. The third kappa shape index (κ3) is 3.59. The molecule has 2 rings (SSSR count). The van der Waals surface area contributed by atoms with E-state index in [2.05, 4.69) is 20.8 Å². The molecule has 2 N–H and O–H groups in total. The van der Waals surface area contributed by atoms with Crippen molar-refractivity contribution in [2.24, 2.45) is 0 Å². The topological polar surface area (TPSA) is 66.9 Å². The number of halogens is 2. The standard InChI is InChI=1S/C13H12Cl2N4O/c1-2-12(20)17-11-7-6-10(18-19-11)16-9-5-3-4-8(14)13(9)15/h3-7H,2H2,1H3,(H,16,18)(H,17,19,20). The molecule has 1 amide bonds. The van der Waals surface area contributed by atoms with E-state index in [1.807, 2.05) is 0 Å². The van der Waals surface area contributed by atoms with Gasteiger partial charge in [0.25, 0.3) is 0 Å². The zero-order valence-corrected chi connectivity index (χ0v) is 12.2. The summed E-state index contributed by atoms with van der Waals surface area (Å²) in [6.07, 6.45) is 0.389. The van der Waals surface area contributed by atoms with Crippen molar-refractivity contribution in [2.75, 3.05) is 10.6 Å². The quantitative estimate of drug-likeness (QED) is 0.899. The molecule has 0 bridgehead atoms. The van der Waals surface area contributed by atoms with Crippen LogP contribution in [0.4, 0.5) is 17.3 Å². The van der Waals surface area contributed by atoms with Gasteiger partial charge in [0.05, 0.1) is 15.7 Å². The lowest BCUT2D eigenvalue weighted by molar-refractivity contribution is -0.115. The van der Waals surface area contributed by atoms with Gasteiger partial charge in [-0.05, 0) is 24.3 Å². The Hall–Kier alpha value is -1.85. The number of benzene rings is 1. The molecule has 20 heavy (non-hydrogen) atoms. The Morgan fingerprint density at radius 1 is 1.15 bits per heavy atom. The molecule has 0 aliphatic rings. The highest BCUT2D eigenvalue weighted by atomic mass is 35.5. The number of anilines is 3. The van der Waals surface area contributed by atoms with Crippen molar-refractivity contribution >= 4 is 46.4 Å². The summed E-state index contributed by atoms with van der Waals surface area (Å²) in [7, 11) is 0. The molecule has 0 atom stereocenters. The van der Waals surface area contributed by atoms with Crippen LogP contribution in [0.1, 0.15) is 13.3 Å². The number of carbonyl (C=O) groups is 1. The summed E-state index contributed by atoms with van der Waals surface area (Å²) < 4.78 is 0. The highest BCUT2D eigenvalue weighted by molar-refractivity contribution is 6.43. The van der Waals surface area contributed by atoms with Gasteiger partial charge in [-0.3, -0.25) is 4.79 Å². The van der Waals surface area contributed by atoms with E-state index in [1.54, 1.807) is 37.3 Å². The Labute approximate surface area is 126 Å². The first-order chi connectivity index (χ1) is 9.60. The molecule has 104 valence electrons. The fourth-order valence-corrected chi connectivity index (χ4v) is 1.78. The van der Waals surface area contributed by atoms with E-state index in [-0.39, 0.29) is 5.91 Å². The second-order valence-electron chi connectivity index (χ2n) is 3.93. The van der Waals surface area contributed by atoms with Crippen molar-refractivity contribution in [1.29, 1.82) is 0 Å². The molecule has 0 saturated heterocycles. The van der Waals surface area contributed by atoms with Gasteiger partial charge >= 0.3 is 0 Å². The van der Waals surface area contributed by atoms with Gasteiger partial charge in [0.2, 0.25) is 5.91 Å². The number of nitrogens with zero attached hydrogens (tertiary/aromatic N) is 2. The van der Waals surface area contributed by atoms with Crippen molar-refractivity contribution in [1.82, 2.24) is 10.2 Å². The zero-order valence-electron chi connectivity index (χ0n) is 10.7. The van der Waals surface area contributed by atoms with Crippen molar-refractivity contribution < 1.29 is 4.79 Å². The van der Waals surface area contributed by atoms with E-state index in [0.717, 1.165) is 0 Å². The van der Waals surface area contributed by atoms with Crippen LogP contribution < -0.4 is 10.6 Å². The average Bonchev–Trinajstić information content (AvgIpc) is 2.46. The van der Waals surface area contributed by atoms with E-state index >= 15 is 0 Å². The lowest BCUT2D eigenvalue weighted by Crippen LogP contribution is -2.11. The predicted octanol–water partition coefficient (Wildman–Crippen LogP) is 3.88. The fourth-order valence-electron chi connectivity index (χ4n) is 1.44. The molecule has 0 fully saturated rings. The molecule has 0 radical (unpaired) electrons. The lowest BCUT2D eigenvalue weighted by atomic mass is 10.3. The maximum Gasteiger partial charge on any atom is 0.225 e. The second-order valence-corrected chi connectivity index (χ2v) is 4.72. The Balaban J connectivity index is 2.11. The van der Waals surface area contributed by atoms with Gasteiger partial charge in [-0.2, -0.15) is 0 Å². The van der Waals surface area contributed by atoms with Gasteiger partial charge in [0.15, 0.2) is 11.6 Å². The van der Waals surface area contributed by atoms with Crippen molar-refractivity contribution in [3.05, 3.63) is 40.4 Å². The summed E-state index contributed by atoms with van der Waals surface area (Å²) in [5.74, 6) is 0.793. The number of hydrogen-bond acceptors (Lipinski definition) is 4. The van der Waals surface area contributed by atoms with Crippen LogP contribution in [0.3, 0.4) is 0 Å². The lowest BCUT2D eigenvalue weighted by Gasteiger charge is -2.08. The van der Waals surface area contributed by atoms with Gasteiger partial charge in [-0.1, -0.05) is 36.2 Å². The Bertz CT molecular complexity index is 616. The Kier molecular flexibility index (Phi) is 4.76. The molecule has 5 nitrogen and oxygen atoms in total. The minimum Gasteiger partial charge on any atom is -0.337 e. The molecule has 2 aromatic rings. The van der Waals surface area contributed by atoms with Crippen LogP contribution in [0.5, 0.6) is 0 Å².